The Hall–Kier alpha value is -12.9. The van der Waals surface area contributed by atoms with Crippen molar-refractivity contribution in [3.05, 3.63) is 108 Å². The highest BCUT2D eigenvalue weighted by molar-refractivity contribution is 6.05. The number of para-hydroxylation sites is 2. The summed E-state index contributed by atoms with van der Waals surface area (Å²) >= 11 is 0. The maximum Gasteiger partial charge on any atom is 0.355 e. The van der Waals surface area contributed by atoms with Gasteiger partial charge in [0.15, 0.2) is 12.2 Å². The van der Waals surface area contributed by atoms with E-state index in [0.29, 0.717) is 21.8 Å². The van der Waals surface area contributed by atoms with Crippen LogP contribution in [0.5, 0.6) is 5.75 Å². The number of hydrogen-bond donors (Lipinski definition) is 21. The first-order valence-corrected chi connectivity index (χ1v) is 31.9. The van der Waals surface area contributed by atoms with E-state index in [0.717, 1.165) is 44.2 Å². The molecule has 0 spiro atoms. The molecule has 0 aliphatic carbocycles. The van der Waals surface area contributed by atoms with E-state index in [2.05, 4.69) is 47.2 Å². The van der Waals surface area contributed by atoms with E-state index in [9.17, 15) is 112 Å². The molecule has 22 N–H and O–H groups in total. The van der Waals surface area contributed by atoms with Crippen LogP contribution in [-0.2, 0) is 97.4 Å². The van der Waals surface area contributed by atoms with Crippen LogP contribution in [0.4, 0.5) is 0 Å². The molecule has 12 amide bonds. The summed E-state index contributed by atoms with van der Waals surface area (Å²) in [6.45, 7) is 1.07. The predicted octanol–water partition coefficient (Wildman–Crippen LogP) is -5.99. The number of aliphatic hydroxyl groups is 2. The van der Waals surface area contributed by atoms with Crippen LogP contribution >= 0.6 is 0 Å². The lowest BCUT2D eigenvalue weighted by atomic mass is 9.96. The Morgan fingerprint density at radius 2 is 1.14 bits per heavy atom. The number of cyclic esters (lactones) is 1. The van der Waals surface area contributed by atoms with Crippen molar-refractivity contribution in [2.45, 2.75) is 132 Å². The van der Waals surface area contributed by atoms with Gasteiger partial charge in [0.05, 0.1) is 44.9 Å². The molecule has 105 heavy (non-hydrogen) atoms. The van der Waals surface area contributed by atoms with Crippen molar-refractivity contribution < 1.29 is 127 Å². The highest BCUT2D eigenvalue weighted by Gasteiger charge is 2.45. The molecule has 7 rings (SSSR count). The third-order valence-electron chi connectivity index (χ3n) is 16.3. The van der Waals surface area contributed by atoms with Crippen molar-refractivity contribution in [3.63, 3.8) is 0 Å². The molecular weight excluding hydrogens is 1390 g/mol. The number of carbonyl (C=O) groups excluding carboxylic acids is 13. The maximum atomic E-state index is 15.3. The van der Waals surface area contributed by atoms with Gasteiger partial charge in [-0.25, -0.2) is 4.79 Å². The van der Waals surface area contributed by atoms with Crippen LogP contribution in [0.3, 0.4) is 0 Å². The zero-order valence-corrected chi connectivity index (χ0v) is 55.7. The lowest BCUT2D eigenvalue weighted by Gasteiger charge is -2.29. The number of aliphatic hydroxyl groups excluding tert-OH is 2. The average Bonchev–Trinajstić information content (AvgIpc) is 1.77. The summed E-state index contributed by atoms with van der Waals surface area (Å²) in [4.78, 5) is 240. The number of benzene rings is 3. The second-order valence-corrected chi connectivity index (χ2v) is 24.2. The van der Waals surface area contributed by atoms with Crippen LogP contribution in [0.15, 0.2) is 90.9 Å². The molecule has 5 aromatic rings. The van der Waals surface area contributed by atoms with E-state index in [4.69, 9.17) is 15.2 Å². The predicted molar refractivity (Wildman–Crippen MR) is 354 cm³/mol. The number of nitrogens with one attached hydrogen (secondary N) is 13. The molecule has 0 bridgehead atoms. The molecule has 40 nitrogen and oxygen atoms in total. The van der Waals surface area contributed by atoms with E-state index >= 15 is 4.79 Å². The van der Waals surface area contributed by atoms with E-state index in [1.165, 1.54) is 19.3 Å². The Balaban J connectivity index is 1.39. The smallest absolute Gasteiger partial charge is 0.355 e. The second kappa shape index (κ2) is 35.6. The highest BCUT2D eigenvalue weighted by Crippen LogP contribution is 2.25. The van der Waals surface area contributed by atoms with Crippen molar-refractivity contribution in [1.29, 1.82) is 0 Å². The van der Waals surface area contributed by atoms with E-state index in [1.54, 1.807) is 48.5 Å². The van der Waals surface area contributed by atoms with Crippen molar-refractivity contribution in [1.82, 2.24) is 68.5 Å². The SMILES string of the molecule is CC1OC1C(=O)N[C@@H](CO)C(=O)N[C@H]1C(=O)N[C@H](Cc2c[nH]c3ccccc23)C(=O)N[C@@H](CC(=O)O)C(=O)N[C@@H](CC(=O)O)C(=O)N[C@H](c2ccc(O)cc2)C(=O)N[C@@H](CC(=O)O)C(=O)NCC(=O)N[C@H]([C@H](O)C(N)=O)C(=O)N[C@H]([C@H](C)CC(=O)O)C(=O)N/C(=C/c2c[nH]c3ccccc23)C(=O)O[C@@H]1C. The zero-order chi connectivity index (χ0) is 77.3. The number of carboxylic acid groups (broad SMARTS) is 4. The molecule has 2 unspecified atom stereocenters. The molecule has 3 aromatic carbocycles. The summed E-state index contributed by atoms with van der Waals surface area (Å²) in [6, 6.07) is -3.53. The summed E-state index contributed by atoms with van der Waals surface area (Å²) in [6.07, 6.45) is -8.55. The Morgan fingerprint density at radius 1 is 0.610 bits per heavy atom. The number of aliphatic carboxylic acids is 4. The molecule has 2 aromatic heterocycles. The number of H-pyrrole nitrogens is 2. The molecule has 2 saturated heterocycles. The highest BCUT2D eigenvalue weighted by atomic mass is 16.6. The lowest BCUT2D eigenvalue weighted by molar-refractivity contribution is -0.150. The fourth-order valence-corrected chi connectivity index (χ4v) is 10.8. The topological polar surface area (TPSA) is 643 Å². The monoisotopic (exact) mass is 1470 g/mol. The van der Waals surface area contributed by atoms with Crippen LogP contribution in [0.2, 0.25) is 0 Å². The van der Waals surface area contributed by atoms with Crippen LogP contribution in [0, 0.1) is 5.92 Å². The summed E-state index contributed by atoms with van der Waals surface area (Å²) in [5.41, 5.74) is 5.31. The number of aromatic amines is 2. The number of esters is 1. The van der Waals surface area contributed by atoms with Gasteiger partial charge in [-0.05, 0) is 61.2 Å². The van der Waals surface area contributed by atoms with Crippen LogP contribution in [0.1, 0.15) is 69.2 Å². The van der Waals surface area contributed by atoms with Gasteiger partial charge in [0, 0.05) is 46.2 Å². The largest absolute Gasteiger partial charge is 0.508 e. The molecule has 0 radical (unpaired) electrons. The molecule has 560 valence electrons. The Morgan fingerprint density at radius 3 is 1.71 bits per heavy atom. The fourth-order valence-electron chi connectivity index (χ4n) is 10.8. The van der Waals surface area contributed by atoms with Gasteiger partial charge in [-0.2, -0.15) is 0 Å². The number of amides is 12. The number of aromatic nitrogens is 2. The number of aromatic hydroxyl groups is 1. The number of phenols is 1. The lowest BCUT2D eigenvalue weighted by Crippen LogP contribution is -2.62. The van der Waals surface area contributed by atoms with Gasteiger partial charge in [-0.15, -0.1) is 0 Å². The van der Waals surface area contributed by atoms with Gasteiger partial charge >= 0.3 is 29.8 Å². The quantitative estimate of drug-likeness (QED) is 0.0196. The number of carboxylic acids is 4. The number of primary amides is 1. The number of epoxide rings is 1. The number of fused-ring (bicyclic) bond motifs is 2. The number of nitrogens with two attached hydrogens (primary N) is 1. The number of ether oxygens (including phenoxy) is 2. The molecule has 2 aliphatic heterocycles. The minimum absolute atomic E-state index is 0.0894. The zero-order valence-electron chi connectivity index (χ0n) is 55.7. The Labute approximate surface area is 591 Å². The minimum atomic E-state index is -2.74. The molecule has 2 aliphatic rings. The fraction of sp³-hybridized carbons (Fsp3) is 0.369. The Bertz CT molecular complexity index is 4250. The molecule has 0 saturated carbocycles. The number of carbonyl (C=O) groups is 17. The first-order valence-electron chi connectivity index (χ1n) is 31.9. The maximum absolute atomic E-state index is 15.3. The summed E-state index contributed by atoms with van der Waals surface area (Å²) in [7, 11) is 0. The number of hydrogen-bond acceptors (Lipinski definition) is 22. The summed E-state index contributed by atoms with van der Waals surface area (Å²) in [5.74, 6) is -28.6. The summed E-state index contributed by atoms with van der Waals surface area (Å²) in [5, 5.41) is 95.8. The van der Waals surface area contributed by atoms with Crippen LogP contribution in [-0.4, -0.2) is 232 Å². The Kier molecular flexibility index (Phi) is 27.0. The van der Waals surface area contributed by atoms with Crippen molar-refractivity contribution in [2.24, 2.45) is 11.7 Å². The van der Waals surface area contributed by atoms with E-state index in [-0.39, 0.29) is 16.7 Å². The van der Waals surface area contributed by atoms with Crippen molar-refractivity contribution in [3.8, 4) is 5.75 Å². The van der Waals surface area contributed by atoms with E-state index in [1.807, 2.05) is 21.3 Å². The van der Waals surface area contributed by atoms with E-state index < -0.39 is 242 Å². The number of rotatable bonds is 20. The molecular formula is C65H74N14O26. The molecule has 4 heterocycles. The van der Waals surface area contributed by atoms with Gasteiger partial charge in [0.25, 0.3) is 5.91 Å². The molecule has 40 heteroatoms. The number of phenolic OH excluding ortho intramolecular Hbond substituents is 1. The summed E-state index contributed by atoms with van der Waals surface area (Å²) < 4.78 is 11.0. The first-order chi connectivity index (χ1) is 49.6. The second-order valence-electron chi connectivity index (χ2n) is 24.2. The minimum Gasteiger partial charge on any atom is -0.508 e. The van der Waals surface area contributed by atoms with Crippen molar-refractivity contribution in [2.75, 3.05) is 13.2 Å². The van der Waals surface area contributed by atoms with Crippen LogP contribution < -0.4 is 64.2 Å². The third kappa shape index (κ3) is 21.8. The van der Waals surface area contributed by atoms with Gasteiger partial charge in [-0.1, -0.05) is 55.5 Å². The normalized spacial score (nSPS) is 24.3. The van der Waals surface area contributed by atoms with Gasteiger partial charge in [0.2, 0.25) is 65.0 Å². The first kappa shape index (κ1) is 79.5. The van der Waals surface area contributed by atoms with Gasteiger partial charge < -0.3 is 119 Å². The standard InChI is InChI=1S/C65H74N14O26/c1-26(16-44(83)84)48-60(98)74-41(18-31-23-68-36-11-7-5-9-34(31)36)65(103)105-27(2)49(78-59(97)42(25-80)75-64(102)53-28(3)104-53)61(99)72-37(17-30-22-67-35-10-6-4-8-33(30)35)56(94)70-39(20-46(87)88)57(95)71-40(21-47(89)90)58(96)79-50(29-12-14-32(81)15-13-29)62(100)73-38(19-45(85)86)55(93)69-24-43(82)76-51(63(101)77-48)52(91)54(66)92/h4-15,18,22-23,26-28,37-40,42,48-53,67-68,80-81,91H,16-17,19-21,24-25H2,1-3H3,(H2,66,92)(H,69,93)(H,70,94)(H,71,95)(H,72,99)(H,73,100)(H,74,98)(H,75,102)(H,76,82)(H,77,101)(H,78,97)(H,79,96)(H,83,84)(H,85,86)(H,87,88)(H,89,90)/b41-18+/t26-,27-,28?,37-,38+,39+,40+,42+,48-,49-,50-,51-,52+,53?/m1/s1. The van der Waals surface area contributed by atoms with Gasteiger partial charge in [0.1, 0.15) is 71.9 Å². The molecule has 2 fully saturated rings. The van der Waals surface area contributed by atoms with Crippen molar-refractivity contribution >= 4 is 129 Å². The van der Waals surface area contributed by atoms with Crippen LogP contribution in [0.25, 0.3) is 27.9 Å². The molecule has 14 atom stereocenters. The van der Waals surface area contributed by atoms with Gasteiger partial charge in [-0.3, -0.25) is 76.7 Å². The third-order valence-corrected chi connectivity index (χ3v) is 16.3. The average molecular weight is 1470 g/mol.